The monoisotopic (exact) mass is 472 g/mol. The molecular weight excluding hydrogens is 424 g/mol. The molecule has 0 aromatic heterocycles. The maximum absolute atomic E-state index is 12.8. The fourth-order valence-electron chi connectivity index (χ4n) is 10.8. The summed E-state index contributed by atoms with van der Waals surface area (Å²) in [4.78, 5) is 12.8. The Morgan fingerprint density at radius 1 is 0.882 bits per heavy atom. The molecule has 0 aromatic rings. The van der Waals surface area contributed by atoms with Crippen LogP contribution in [0.4, 0.5) is 0 Å². The smallest absolute Gasteiger partial charge is 0.310 e. The van der Waals surface area contributed by atoms with E-state index in [4.69, 9.17) is 0 Å². The van der Waals surface area contributed by atoms with Crippen molar-refractivity contribution >= 4 is 5.97 Å². The van der Waals surface area contributed by atoms with Crippen molar-refractivity contribution in [2.45, 2.75) is 118 Å². The zero-order chi connectivity index (χ0) is 25.1. The van der Waals surface area contributed by atoms with Crippen LogP contribution in [-0.2, 0) is 4.79 Å². The number of rotatable bonds is 1. The number of hydrogen-bond acceptors (Lipinski definition) is 3. The van der Waals surface area contributed by atoms with Gasteiger partial charge in [0.25, 0.3) is 0 Å². The van der Waals surface area contributed by atoms with Gasteiger partial charge in [0.1, 0.15) is 0 Å². The standard InChI is InChI=1S/C30H48O4/c1-25(2)12-14-30(24(33)34)15-13-28(6)18(19(30)16-25)8-9-22-27(5)17-20(31)23(32)26(3,4)21(27)10-11-29(22,28)7/h8,19-23,31-32H,9-17H2,1-7H3,(H,33,34)/t19-,20-,21-,22+,23+,27-,28+,29+,30-/m0/s1. The first-order valence-corrected chi connectivity index (χ1v) is 13.9. The molecule has 0 heterocycles. The summed E-state index contributed by atoms with van der Waals surface area (Å²) in [6, 6.07) is 0. The third-order valence-corrected chi connectivity index (χ3v) is 13.0. The Bertz CT molecular complexity index is 919. The molecule has 192 valence electrons. The lowest BCUT2D eigenvalue weighted by Gasteiger charge is -2.71. The molecule has 5 aliphatic rings. The van der Waals surface area contributed by atoms with Gasteiger partial charge in [0.05, 0.1) is 17.6 Å². The first-order chi connectivity index (χ1) is 15.6. The van der Waals surface area contributed by atoms with Gasteiger partial charge in [-0.05, 0) is 103 Å². The summed E-state index contributed by atoms with van der Waals surface area (Å²) in [6.07, 6.45) is 9.45. The summed E-state index contributed by atoms with van der Waals surface area (Å²) in [5, 5.41) is 32.4. The molecule has 4 fully saturated rings. The first kappa shape index (κ1) is 24.8. The van der Waals surface area contributed by atoms with Crippen LogP contribution in [0.1, 0.15) is 106 Å². The number of carboxylic acid groups (broad SMARTS) is 1. The van der Waals surface area contributed by atoms with Crippen LogP contribution in [0.3, 0.4) is 0 Å². The van der Waals surface area contributed by atoms with Crippen LogP contribution in [0, 0.1) is 50.2 Å². The number of aliphatic hydroxyl groups excluding tert-OH is 2. The minimum Gasteiger partial charge on any atom is -0.481 e. The molecule has 0 saturated heterocycles. The van der Waals surface area contributed by atoms with Gasteiger partial charge >= 0.3 is 5.97 Å². The lowest BCUT2D eigenvalue weighted by atomic mass is 9.33. The molecule has 5 aliphatic carbocycles. The van der Waals surface area contributed by atoms with Gasteiger partial charge in [-0.3, -0.25) is 4.79 Å². The van der Waals surface area contributed by atoms with E-state index >= 15 is 0 Å². The highest BCUT2D eigenvalue weighted by Crippen LogP contribution is 2.75. The SMILES string of the molecule is CC1(C)CC[C@]2(C(=O)O)CC[C@]3(C)C(=CC[C@@H]4[C@@]5(C)C[C@H](O)[C@@H](O)C(C)(C)[C@@H]5CC[C@]43C)[C@@H]2C1. The van der Waals surface area contributed by atoms with Crippen LogP contribution in [-0.4, -0.2) is 33.5 Å². The molecule has 0 aliphatic heterocycles. The molecule has 0 unspecified atom stereocenters. The third-order valence-electron chi connectivity index (χ3n) is 13.0. The van der Waals surface area contributed by atoms with Crippen molar-refractivity contribution in [3.8, 4) is 0 Å². The third kappa shape index (κ3) is 2.88. The number of aliphatic carboxylic acids is 1. The van der Waals surface area contributed by atoms with Crippen LogP contribution in [0.5, 0.6) is 0 Å². The number of carboxylic acids is 1. The number of carbonyl (C=O) groups is 1. The zero-order valence-electron chi connectivity index (χ0n) is 22.6. The molecule has 9 atom stereocenters. The highest BCUT2D eigenvalue weighted by atomic mass is 16.4. The summed E-state index contributed by atoms with van der Waals surface area (Å²) >= 11 is 0. The predicted molar refractivity (Wildman–Crippen MR) is 134 cm³/mol. The number of allylic oxidation sites excluding steroid dienone is 2. The quantitative estimate of drug-likeness (QED) is 0.397. The fourth-order valence-corrected chi connectivity index (χ4v) is 10.8. The van der Waals surface area contributed by atoms with E-state index < -0.39 is 23.6 Å². The van der Waals surface area contributed by atoms with Crippen LogP contribution in [0.25, 0.3) is 0 Å². The Balaban J connectivity index is 1.61. The minimum atomic E-state index is -0.679. The normalized spacial score (nSPS) is 53.4. The molecule has 4 nitrogen and oxygen atoms in total. The van der Waals surface area contributed by atoms with Crippen LogP contribution in [0.15, 0.2) is 11.6 Å². The molecule has 5 rings (SSSR count). The lowest BCUT2D eigenvalue weighted by molar-refractivity contribution is -0.231. The Morgan fingerprint density at radius 2 is 1.53 bits per heavy atom. The van der Waals surface area contributed by atoms with Gasteiger partial charge in [-0.15, -0.1) is 0 Å². The molecule has 4 heteroatoms. The van der Waals surface area contributed by atoms with E-state index in [0.717, 1.165) is 51.4 Å². The number of aliphatic hydroxyl groups is 2. The lowest BCUT2D eigenvalue weighted by Crippen LogP contribution is -2.67. The fraction of sp³-hybridized carbons (Fsp3) is 0.900. The van der Waals surface area contributed by atoms with Gasteiger partial charge in [0.2, 0.25) is 0 Å². The Hall–Kier alpha value is -0.870. The summed E-state index contributed by atoms with van der Waals surface area (Å²) in [5.74, 6) is 0.365. The maximum atomic E-state index is 12.8. The van der Waals surface area contributed by atoms with Crippen molar-refractivity contribution in [3.05, 3.63) is 11.6 Å². The van der Waals surface area contributed by atoms with Crippen LogP contribution >= 0.6 is 0 Å². The van der Waals surface area contributed by atoms with Gasteiger partial charge in [-0.2, -0.15) is 0 Å². The van der Waals surface area contributed by atoms with E-state index in [1.165, 1.54) is 5.57 Å². The summed E-state index contributed by atoms with van der Waals surface area (Å²) in [5.41, 5.74) is 0.754. The average Bonchev–Trinajstić information content (AvgIpc) is 2.72. The Labute approximate surface area is 206 Å². The summed E-state index contributed by atoms with van der Waals surface area (Å²) in [6.45, 7) is 16.3. The van der Waals surface area contributed by atoms with Gasteiger partial charge < -0.3 is 15.3 Å². The van der Waals surface area contributed by atoms with Crippen molar-refractivity contribution in [2.24, 2.45) is 50.2 Å². The van der Waals surface area contributed by atoms with E-state index in [0.29, 0.717) is 18.3 Å². The minimum absolute atomic E-state index is 0.00785. The van der Waals surface area contributed by atoms with Crippen molar-refractivity contribution in [2.75, 3.05) is 0 Å². The highest BCUT2D eigenvalue weighted by Gasteiger charge is 2.70. The second kappa shape index (κ2) is 7.12. The largest absolute Gasteiger partial charge is 0.481 e. The first-order valence-electron chi connectivity index (χ1n) is 13.9. The molecule has 34 heavy (non-hydrogen) atoms. The van der Waals surface area contributed by atoms with E-state index in [1.54, 1.807) is 0 Å². The number of hydrogen-bond donors (Lipinski definition) is 3. The van der Waals surface area contributed by atoms with Gasteiger partial charge in [0.15, 0.2) is 0 Å². The van der Waals surface area contributed by atoms with E-state index in [9.17, 15) is 20.1 Å². The second-order valence-electron chi connectivity index (χ2n) is 15.2. The molecule has 0 bridgehead atoms. The maximum Gasteiger partial charge on any atom is 0.310 e. The molecule has 0 amide bonds. The van der Waals surface area contributed by atoms with Gasteiger partial charge in [0, 0.05) is 0 Å². The van der Waals surface area contributed by atoms with Crippen LogP contribution in [0.2, 0.25) is 0 Å². The average molecular weight is 473 g/mol. The topological polar surface area (TPSA) is 77.8 Å². The van der Waals surface area contributed by atoms with E-state index in [1.807, 2.05) is 0 Å². The van der Waals surface area contributed by atoms with Gasteiger partial charge in [-0.1, -0.05) is 60.1 Å². The Morgan fingerprint density at radius 3 is 2.18 bits per heavy atom. The van der Waals surface area contributed by atoms with Gasteiger partial charge in [-0.25, -0.2) is 0 Å². The summed E-state index contributed by atoms with van der Waals surface area (Å²) in [7, 11) is 0. The van der Waals surface area contributed by atoms with Crippen molar-refractivity contribution in [3.63, 3.8) is 0 Å². The van der Waals surface area contributed by atoms with Crippen molar-refractivity contribution < 1.29 is 20.1 Å². The molecule has 4 saturated carbocycles. The van der Waals surface area contributed by atoms with E-state index in [-0.39, 0.29) is 33.0 Å². The molecule has 0 aromatic carbocycles. The second-order valence-corrected chi connectivity index (χ2v) is 15.2. The Kier molecular flexibility index (Phi) is 5.20. The molecule has 0 radical (unpaired) electrons. The van der Waals surface area contributed by atoms with Crippen LogP contribution < -0.4 is 0 Å². The molecular formula is C30H48O4. The number of fused-ring (bicyclic) bond motifs is 7. The molecule has 0 spiro atoms. The zero-order valence-corrected chi connectivity index (χ0v) is 22.6. The van der Waals surface area contributed by atoms with Crippen molar-refractivity contribution in [1.82, 2.24) is 0 Å². The van der Waals surface area contributed by atoms with Crippen molar-refractivity contribution in [1.29, 1.82) is 0 Å². The van der Waals surface area contributed by atoms with E-state index in [2.05, 4.69) is 54.5 Å². The highest BCUT2D eigenvalue weighted by molar-refractivity contribution is 5.76. The summed E-state index contributed by atoms with van der Waals surface area (Å²) < 4.78 is 0. The molecule has 3 N–H and O–H groups in total. The predicted octanol–water partition coefficient (Wildman–Crippen LogP) is 6.20.